The Labute approximate surface area is 115 Å². The van der Waals surface area contributed by atoms with E-state index in [4.69, 9.17) is 19.8 Å². The first-order valence-corrected chi connectivity index (χ1v) is 6.01. The monoisotopic (exact) mass is 352 g/mol. The second-order valence-electron chi connectivity index (χ2n) is 2.98. The van der Waals surface area contributed by atoms with Crippen molar-refractivity contribution in [2.24, 2.45) is 0 Å². The summed E-state index contributed by atoms with van der Waals surface area (Å²) < 4.78 is 1.37. The Morgan fingerprint density at radius 3 is 1.71 bits per heavy atom. The molecule has 5 heteroatoms. The van der Waals surface area contributed by atoms with Crippen molar-refractivity contribution < 1.29 is 19.8 Å². The molecule has 0 spiro atoms. The molecule has 0 fully saturated rings. The van der Waals surface area contributed by atoms with Crippen molar-refractivity contribution in [1.29, 1.82) is 0 Å². The SMILES string of the molecule is CC(=O)O.CC(=O)O.CCc1ccccc1I. The minimum Gasteiger partial charge on any atom is -0.481 e. The number of aryl methyl sites for hydroxylation is 1. The summed E-state index contributed by atoms with van der Waals surface area (Å²) >= 11 is 2.36. The fraction of sp³-hybridized carbons (Fsp3) is 0.333. The third-order valence-corrected chi connectivity index (χ3v) is 2.39. The first-order chi connectivity index (χ1) is 7.81. The van der Waals surface area contributed by atoms with Crippen molar-refractivity contribution in [2.75, 3.05) is 0 Å². The molecule has 1 rings (SSSR count). The molecule has 0 bridgehead atoms. The fourth-order valence-corrected chi connectivity index (χ4v) is 1.55. The topological polar surface area (TPSA) is 74.6 Å². The van der Waals surface area contributed by atoms with Crippen LogP contribution in [0.1, 0.15) is 26.3 Å². The maximum Gasteiger partial charge on any atom is 0.300 e. The highest BCUT2D eigenvalue weighted by atomic mass is 127. The summed E-state index contributed by atoms with van der Waals surface area (Å²) in [6.45, 7) is 4.34. The number of carboxylic acid groups (broad SMARTS) is 2. The summed E-state index contributed by atoms with van der Waals surface area (Å²) in [4.78, 5) is 18.0. The summed E-state index contributed by atoms with van der Waals surface area (Å²) in [5, 5.41) is 14.8. The van der Waals surface area contributed by atoms with Crippen LogP contribution in [0.3, 0.4) is 0 Å². The van der Waals surface area contributed by atoms with Crippen LogP contribution in [0.25, 0.3) is 0 Å². The number of hydrogen-bond donors (Lipinski definition) is 2. The van der Waals surface area contributed by atoms with Crippen LogP contribution in [0.5, 0.6) is 0 Å². The molecule has 0 amide bonds. The predicted octanol–water partition coefficient (Wildman–Crippen LogP) is 3.04. The minimum atomic E-state index is -0.833. The average molecular weight is 352 g/mol. The van der Waals surface area contributed by atoms with Gasteiger partial charge >= 0.3 is 0 Å². The first kappa shape index (κ1) is 18.3. The third-order valence-electron chi connectivity index (χ3n) is 1.34. The minimum absolute atomic E-state index is 0.833. The van der Waals surface area contributed by atoms with Gasteiger partial charge in [-0.1, -0.05) is 25.1 Å². The van der Waals surface area contributed by atoms with Gasteiger partial charge in [-0.2, -0.15) is 0 Å². The van der Waals surface area contributed by atoms with E-state index in [0.717, 1.165) is 20.3 Å². The van der Waals surface area contributed by atoms with Gasteiger partial charge in [0.2, 0.25) is 0 Å². The zero-order valence-corrected chi connectivity index (χ0v) is 12.3. The highest BCUT2D eigenvalue weighted by molar-refractivity contribution is 14.1. The molecule has 2 N–H and O–H groups in total. The van der Waals surface area contributed by atoms with Crippen LogP contribution >= 0.6 is 22.6 Å². The van der Waals surface area contributed by atoms with Crippen LogP contribution in [0.2, 0.25) is 0 Å². The number of hydrogen-bond acceptors (Lipinski definition) is 2. The summed E-state index contributed by atoms with van der Waals surface area (Å²) in [5.74, 6) is -1.67. The molecule has 0 aromatic heterocycles. The van der Waals surface area contributed by atoms with Gasteiger partial charge in [0.05, 0.1) is 0 Å². The number of rotatable bonds is 1. The molecule has 0 aliphatic carbocycles. The lowest BCUT2D eigenvalue weighted by Gasteiger charge is -1.96. The molecule has 0 unspecified atom stereocenters. The second-order valence-corrected chi connectivity index (χ2v) is 4.15. The Kier molecular flexibility index (Phi) is 12.2. The van der Waals surface area contributed by atoms with Crippen molar-refractivity contribution >= 4 is 34.5 Å². The van der Waals surface area contributed by atoms with Crippen molar-refractivity contribution in [2.45, 2.75) is 27.2 Å². The third kappa shape index (κ3) is 17.5. The van der Waals surface area contributed by atoms with Gasteiger partial charge < -0.3 is 10.2 Å². The molecule has 1 aromatic carbocycles. The van der Waals surface area contributed by atoms with E-state index in [1.54, 1.807) is 0 Å². The van der Waals surface area contributed by atoms with Crippen molar-refractivity contribution in [3.8, 4) is 0 Å². The smallest absolute Gasteiger partial charge is 0.300 e. The Morgan fingerprint density at radius 2 is 1.47 bits per heavy atom. The number of benzene rings is 1. The lowest BCUT2D eigenvalue weighted by molar-refractivity contribution is -0.135. The molecule has 96 valence electrons. The summed E-state index contributed by atoms with van der Waals surface area (Å²) in [6, 6.07) is 8.46. The van der Waals surface area contributed by atoms with Crippen LogP contribution < -0.4 is 0 Å². The van der Waals surface area contributed by atoms with Gasteiger partial charge in [0.15, 0.2) is 0 Å². The van der Waals surface area contributed by atoms with Crippen molar-refractivity contribution in [3.63, 3.8) is 0 Å². The number of carboxylic acids is 2. The maximum absolute atomic E-state index is 9.00. The molecule has 1 aromatic rings. The van der Waals surface area contributed by atoms with Gasteiger partial charge in [-0.15, -0.1) is 0 Å². The Balaban J connectivity index is 0. The molecular formula is C12H17IO4. The second kappa shape index (κ2) is 11.4. The van der Waals surface area contributed by atoms with Gasteiger partial charge in [0, 0.05) is 17.4 Å². The molecule has 0 aliphatic heterocycles. The number of halogens is 1. The van der Waals surface area contributed by atoms with E-state index in [9.17, 15) is 0 Å². The van der Waals surface area contributed by atoms with E-state index < -0.39 is 11.9 Å². The van der Waals surface area contributed by atoms with Crippen molar-refractivity contribution in [1.82, 2.24) is 0 Å². The highest BCUT2D eigenvalue weighted by Crippen LogP contribution is 2.10. The quantitative estimate of drug-likeness (QED) is 0.762. The van der Waals surface area contributed by atoms with Gasteiger partial charge in [0.25, 0.3) is 11.9 Å². The van der Waals surface area contributed by atoms with Crippen LogP contribution in [0.15, 0.2) is 24.3 Å². The van der Waals surface area contributed by atoms with Crippen LogP contribution in [-0.4, -0.2) is 22.2 Å². The van der Waals surface area contributed by atoms with Gasteiger partial charge in [-0.3, -0.25) is 9.59 Å². The van der Waals surface area contributed by atoms with E-state index in [1.165, 1.54) is 9.13 Å². The normalized spacial score (nSPS) is 8.00. The van der Waals surface area contributed by atoms with E-state index >= 15 is 0 Å². The summed E-state index contributed by atoms with van der Waals surface area (Å²) in [5.41, 5.74) is 1.44. The van der Waals surface area contributed by atoms with Gasteiger partial charge in [-0.05, 0) is 40.6 Å². The Hall–Kier alpha value is -1.11. The number of aliphatic carboxylic acids is 2. The Morgan fingerprint density at radius 1 is 1.12 bits per heavy atom. The van der Waals surface area contributed by atoms with E-state index in [-0.39, 0.29) is 0 Å². The highest BCUT2D eigenvalue weighted by Gasteiger charge is 1.91. The molecule has 4 nitrogen and oxygen atoms in total. The Bertz CT molecular complexity index is 330. The molecule has 0 radical (unpaired) electrons. The van der Waals surface area contributed by atoms with Gasteiger partial charge in [0.1, 0.15) is 0 Å². The van der Waals surface area contributed by atoms with Gasteiger partial charge in [-0.25, -0.2) is 0 Å². The van der Waals surface area contributed by atoms with Crippen LogP contribution in [0, 0.1) is 3.57 Å². The zero-order valence-electron chi connectivity index (χ0n) is 10.1. The van der Waals surface area contributed by atoms with E-state index in [0.29, 0.717) is 0 Å². The fourth-order valence-electron chi connectivity index (χ4n) is 0.785. The molecule has 0 heterocycles. The lowest BCUT2D eigenvalue weighted by atomic mass is 10.2. The summed E-state index contributed by atoms with van der Waals surface area (Å²) in [7, 11) is 0. The first-order valence-electron chi connectivity index (χ1n) is 4.93. The zero-order chi connectivity index (χ0) is 13.8. The lowest BCUT2D eigenvalue weighted by Crippen LogP contribution is -1.82. The van der Waals surface area contributed by atoms with Crippen LogP contribution in [0.4, 0.5) is 0 Å². The van der Waals surface area contributed by atoms with Crippen LogP contribution in [-0.2, 0) is 16.0 Å². The van der Waals surface area contributed by atoms with E-state index in [2.05, 4.69) is 53.8 Å². The van der Waals surface area contributed by atoms with Crippen molar-refractivity contribution in [3.05, 3.63) is 33.4 Å². The standard InChI is InChI=1S/C8H9I.2C2H4O2/c1-2-7-5-3-4-6-8(7)9;2*1-2(3)4/h3-6H,2H2,1H3;2*1H3,(H,3,4). The maximum atomic E-state index is 9.00. The molecule has 0 aliphatic rings. The molecule has 0 saturated heterocycles. The molecule has 0 saturated carbocycles. The molecule has 17 heavy (non-hydrogen) atoms. The number of carbonyl (C=O) groups is 2. The molecular weight excluding hydrogens is 335 g/mol. The average Bonchev–Trinajstić information content (AvgIpc) is 2.16. The largest absolute Gasteiger partial charge is 0.481 e. The predicted molar refractivity (Wildman–Crippen MR) is 75.2 cm³/mol. The molecule has 0 atom stereocenters. The van der Waals surface area contributed by atoms with E-state index in [1.807, 2.05) is 0 Å². The summed E-state index contributed by atoms with van der Waals surface area (Å²) in [6.07, 6.45) is 1.14.